The van der Waals surface area contributed by atoms with Gasteiger partial charge in [0.2, 0.25) is 0 Å². The molecule has 1 heterocycles. The third-order valence-corrected chi connectivity index (χ3v) is 4.50. The van der Waals surface area contributed by atoms with Gasteiger partial charge in [-0.2, -0.15) is 0 Å². The van der Waals surface area contributed by atoms with E-state index in [2.05, 4.69) is 39.2 Å². The maximum atomic E-state index is 12.4. The van der Waals surface area contributed by atoms with Crippen LogP contribution in [0.5, 0.6) is 0 Å². The molecule has 0 atom stereocenters. The predicted octanol–water partition coefficient (Wildman–Crippen LogP) is 5.48. The molecule has 128 valence electrons. The van der Waals surface area contributed by atoms with Crippen molar-refractivity contribution in [2.75, 3.05) is 11.9 Å². The first kappa shape index (κ1) is 17.4. The normalized spacial score (nSPS) is 10.7. The number of rotatable bonds is 5. The van der Waals surface area contributed by atoms with E-state index in [0.29, 0.717) is 12.2 Å². The summed E-state index contributed by atoms with van der Waals surface area (Å²) < 4.78 is 6.20. The summed E-state index contributed by atoms with van der Waals surface area (Å²) in [5.41, 5.74) is 4.10. The fourth-order valence-electron chi connectivity index (χ4n) is 2.75. The van der Waals surface area contributed by atoms with E-state index in [1.807, 2.05) is 36.4 Å². The van der Waals surface area contributed by atoms with Gasteiger partial charge in [-0.15, -0.1) is 0 Å². The van der Waals surface area contributed by atoms with Gasteiger partial charge in [0, 0.05) is 21.7 Å². The lowest BCUT2D eigenvalue weighted by molar-refractivity contribution is 0.0527. The summed E-state index contributed by atoms with van der Waals surface area (Å²) in [7, 11) is 0. The zero-order valence-corrected chi connectivity index (χ0v) is 15.8. The standard InChI is InChI=1S/C20H19BrN2O2/c1-3-13-6-5-7-16-18(13)22-12-17(20(24)25-4-2)19(16)23-15-10-8-14(21)9-11-15/h5-12H,3-4H2,1-2H3,(H,22,23). The Labute approximate surface area is 155 Å². The third-order valence-electron chi connectivity index (χ3n) is 3.97. The van der Waals surface area contributed by atoms with Crippen LogP contribution >= 0.6 is 15.9 Å². The summed E-state index contributed by atoms with van der Waals surface area (Å²) in [5, 5.41) is 4.28. The van der Waals surface area contributed by atoms with Crippen molar-refractivity contribution in [1.82, 2.24) is 4.98 Å². The summed E-state index contributed by atoms with van der Waals surface area (Å²) >= 11 is 3.44. The van der Waals surface area contributed by atoms with Crippen molar-refractivity contribution in [2.24, 2.45) is 0 Å². The van der Waals surface area contributed by atoms with Gasteiger partial charge in [-0.1, -0.05) is 41.1 Å². The van der Waals surface area contributed by atoms with Gasteiger partial charge in [0.15, 0.2) is 0 Å². The van der Waals surface area contributed by atoms with Gasteiger partial charge in [-0.3, -0.25) is 4.98 Å². The molecule has 4 nitrogen and oxygen atoms in total. The van der Waals surface area contributed by atoms with E-state index in [1.54, 1.807) is 13.1 Å². The van der Waals surface area contributed by atoms with Crippen LogP contribution in [0.2, 0.25) is 0 Å². The molecule has 0 aliphatic rings. The molecular formula is C20H19BrN2O2. The molecule has 1 aromatic heterocycles. The van der Waals surface area contributed by atoms with Crippen LogP contribution in [0.1, 0.15) is 29.8 Å². The fourth-order valence-corrected chi connectivity index (χ4v) is 3.01. The Bertz CT molecular complexity index is 907. The number of aryl methyl sites for hydroxylation is 1. The predicted molar refractivity (Wildman–Crippen MR) is 105 cm³/mol. The summed E-state index contributed by atoms with van der Waals surface area (Å²) in [4.78, 5) is 16.9. The number of halogens is 1. The van der Waals surface area contributed by atoms with Crippen molar-refractivity contribution < 1.29 is 9.53 Å². The smallest absolute Gasteiger partial charge is 0.341 e. The summed E-state index contributed by atoms with van der Waals surface area (Å²) in [5.74, 6) is -0.376. The highest BCUT2D eigenvalue weighted by Crippen LogP contribution is 2.31. The van der Waals surface area contributed by atoms with Gasteiger partial charge in [0.25, 0.3) is 0 Å². The fraction of sp³-hybridized carbons (Fsp3) is 0.200. The van der Waals surface area contributed by atoms with Crippen LogP contribution in [0.25, 0.3) is 10.9 Å². The van der Waals surface area contributed by atoms with Crippen LogP contribution in [-0.2, 0) is 11.2 Å². The Hall–Kier alpha value is -2.40. The van der Waals surface area contributed by atoms with Gasteiger partial charge in [-0.05, 0) is 43.2 Å². The highest BCUT2D eigenvalue weighted by molar-refractivity contribution is 9.10. The van der Waals surface area contributed by atoms with Crippen LogP contribution in [0.15, 0.2) is 53.1 Å². The quantitative estimate of drug-likeness (QED) is 0.578. The van der Waals surface area contributed by atoms with Crippen molar-refractivity contribution in [2.45, 2.75) is 20.3 Å². The molecule has 3 aromatic rings. The van der Waals surface area contributed by atoms with E-state index in [4.69, 9.17) is 4.74 Å². The molecule has 0 saturated heterocycles. The SMILES string of the molecule is CCOC(=O)c1cnc2c(CC)cccc2c1Nc1ccc(Br)cc1. The third kappa shape index (κ3) is 3.66. The van der Waals surface area contributed by atoms with Crippen molar-refractivity contribution in [3.63, 3.8) is 0 Å². The molecule has 25 heavy (non-hydrogen) atoms. The molecule has 0 aliphatic carbocycles. The Balaban J connectivity index is 2.17. The number of ether oxygens (including phenoxy) is 1. The molecule has 0 bridgehead atoms. The van der Waals surface area contributed by atoms with Gasteiger partial charge in [0.1, 0.15) is 5.56 Å². The summed E-state index contributed by atoms with van der Waals surface area (Å²) in [6.07, 6.45) is 2.47. The van der Waals surface area contributed by atoms with Crippen molar-refractivity contribution in [1.29, 1.82) is 0 Å². The monoisotopic (exact) mass is 398 g/mol. The van der Waals surface area contributed by atoms with Gasteiger partial charge >= 0.3 is 5.97 Å². The number of carbonyl (C=O) groups excluding carboxylic acids is 1. The van der Waals surface area contributed by atoms with Crippen molar-refractivity contribution in [3.8, 4) is 0 Å². The van der Waals surface area contributed by atoms with E-state index in [1.165, 1.54) is 0 Å². The van der Waals surface area contributed by atoms with Crippen molar-refractivity contribution in [3.05, 3.63) is 64.3 Å². The Morgan fingerprint density at radius 2 is 1.92 bits per heavy atom. The average Bonchev–Trinajstić information content (AvgIpc) is 2.63. The number of aromatic nitrogens is 1. The highest BCUT2D eigenvalue weighted by Gasteiger charge is 2.18. The molecule has 1 N–H and O–H groups in total. The summed E-state index contributed by atoms with van der Waals surface area (Å²) in [6.45, 7) is 4.21. The highest BCUT2D eigenvalue weighted by atomic mass is 79.9. The first-order chi connectivity index (χ1) is 12.1. The van der Waals surface area contributed by atoms with Gasteiger partial charge < -0.3 is 10.1 Å². The van der Waals surface area contributed by atoms with Crippen LogP contribution in [0, 0.1) is 0 Å². The van der Waals surface area contributed by atoms with E-state index in [9.17, 15) is 4.79 Å². The number of pyridine rings is 1. The first-order valence-electron chi connectivity index (χ1n) is 8.24. The Morgan fingerprint density at radius 1 is 1.16 bits per heavy atom. The number of carbonyl (C=O) groups is 1. The number of hydrogen-bond acceptors (Lipinski definition) is 4. The van der Waals surface area contributed by atoms with Crippen LogP contribution in [-0.4, -0.2) is 17.6 Å². The largest absolute Gasteiger partial charge is 0.462 e. The van der Waals surface area contributed by atoms with Gasteiger partial charge in [0.05, 0.1) is 17.8 Å². The maximum absolute atomic E-state index is 12.4. The van der Waals surface area contributed by atoms with Gasteiger partial charge in [-0.25, -0.2) is 4.79 Å². The maximum Gasteiger partial charge on any atom is 0.341 e. The summed E-state index contributed by atoms with van der Waals surface area (Å²) in [6, 6.07) is 13.8. The number of para-hydroxylation sites is 1. The van der Waals surface area contributed by atoms with E-state index in [-0.39, 0.29) is 5.97 Å². The molecule has 0 aliphatic heterocycles. The molecule has 3 rings (SSSR count). The topological polar surface area (TPSA) is 51.2 Å². The molecule has 0 spiro atoms. The molecule has 0 radical (unpaired) electrons. The van der Waals surface area contributed by atoms with E-state index in [0.717, 1.165) is 38.7 Å². The Kier molecular flexibility index (Phi) is 5.34. The van der Waals surface area contributed by atoms with Crippen LogP contribution < -0.4 is 5.32 Å². The second kappa shape index (κ2) is 7.66. The minimum Gasteiger partial charge on any atom is -0.462 e. The molecule has 0 unspecified atom stereocenters. The zero-order chi connectivity index (χ0) is 17.8. The molecule has 0 amide bonds. The second-order valence-electron chi connectivity index (χ2n) is 5.57. The molecular weight excluding hydrogens is 380 g/mol. The molecule has 2 aromatic carbocycles. The number of benzene rings is 2. The van der Waals surface area contributed by atoms with Crippen molar-refractivity contribution >= 4 is 44.2 Å². The lowest BCUT2D eigenvalue weighted by atomic mass is 10.0. The van der Waals surface area contributed by atoms with E-state index < -0.39 is 0 Å². The number of nitrogens with zero attached hydrogens (tertiary/aromatic N) is 1. The average molecular weight is 399 g/mol. The molecule has 5 heteroatoms. The van der Waals surface area contributed by atoms with Crippen LogP contribution in [0.3, 0.4) is 0 Å². The van der Waals surface area contributed by atoms with Crippen LogP contribution in [0.4, 0.5) is 11.4 Å². The van der Waals surface area contributed by atoms with E-state index >= 15 is 0 Å². The number of nitrogens with one attached hydrogen (secondary N) is 1. The minimum absolute atomic E-state index is 0.323. The number of esters is 1. The minimum atomic E-state index is -0.376. The first-order valence-corrected chi connectivity index (χ1v) is 9.03. The number of hydrogen-bond donors (Lipinski definition) is 1. The second-order valence-corrected chi connectivity index (χ2v) is 6.48. The number of fused-ring (bicyclic) bond motifs is 1. The lowest BCUT2D eigenvalue weighted by Gasteiger charge is -2.15. The molecule has 0 fully saturated rings. The Morgan fingerprint density at radius 3 is 2.60 bits per heavy atom. The zero-order valence-electron chi connectivity index (χ0n) is 14.2. The number of anilines is 2. The molecule has 0 saturated carbocycles. The lowest BCUT2D eigenvalue weighted by Crippen LogP contribution is -2.09.